The standard InChI is InChI=1S/C30H28ClN3O3S2/c1-19-16-25(27(37-3)18-23(19)31)33-29(35)28(20-10-5-4-6-11-20)39-22-13-9-12-21(17-22)32-30(38)34-24-14-7-8-15-26(24)36-2/h4-18,28H,1-3H3,(H,33,35)(H2,32,34,38). The number of ether oxygens (including phenoxy) is 2. The van der Waals surface area contributed by atoms with Crippen LogP contribution in [-0.4, -0.2) is 25.2 Å². The van der Waals surface area contributed by atoms with Crippen molar-refractivity contribution in [1.29, 1.82) is 0 Å². The SMILES string of the molecule is COc1cc(Cl)c(C)cc1NC(=O)C(Sc1cccc(NC(=S)Nc2ccccc2OC)c1)c1ccccc1. The molecule has 0 aliphatic rings. The van der Waals surface area contributed by atoms with Gasteiger partial charge in [0.15, 0.2) is 5.11 Å². The number of thiocarbonyl (C=S) groups is 1. The number of hydrogen-bond donors (Lipinski definition) is 3. The highest BCUT2D eigenvalue weighted by atomic mass is 35.5. The molecule has 6 nitrogen and oxygen atoms in total. The molecule has 4 aromatic rings. The smallest absolute Gasteiger partial charge is 0.242 e. The molecule has 0 aliphatic carbocycles. The largest absolute Gasteiger partial charge is 0.495 e. The first-order valence-electron chi connectivity index (χ1n) is 12.1. The van der Waals surface area contributed by atoms with E-state index in [2.05, 4.69) is 16.0 Å². The molecule has 1 unspecified atom stereocenters. The first-order chi connectivity index (χ1) is 18.9. The van der Waals surface area contributed by atoms with Crippen molar-refractivity contribution in [3.05, 3.63) is 107 Å². The predicted octanol–water partition coefficient (Wildman–Crippen LogP) is 7.95. The number of aryl methyl sites for hydroxylation is 1. The third-order valence-corrected chi connectivity index (χ3v) is 7.64. The summed E-state index contributed by atoms with van der Waals surface area (Å²) in [5.74, 6) is 1.01. The van der Waals surface area contributed by atoms with Crippen molar-refractivity contribution in [2.75, 3.05) is 30.2 Å². The van der Waals surface area contributed by atoms with E-state index in [9.17, 15) is 4.79 Å². The molecule has 0 aromatic heterocycles. The van der Waals surface area contributed by atoms with Crippen LogP contribution in [0.15, 0.2) is 95.9 Å². The summed E-state index contributed by atoms with van der Waals surface area (Å²) in [6.45, 7) is 1.88. The molecular formula is C30H28ClN3O3S2. The van der Waals surface area contributed by atoms with Crippen LogP contribution in [0, 0.1) is 6.92 Å². The van der Waals surface area contributed by atoms with Gasteiger partial charge in [-0.3, -0.25) is 4.79 Å². The fourth-order valence-corrected chi connectivity index (χ4v) is 5.31. The predicted molar refractivity (Wildman–Crippen MR) is 166 cm³/mol. The summed E-state index contributed by atoms with van der Waals surface area (Å²) < 4.78 is 10.8. The van der Waals surface area contributed by atoms with E-state index in [0.717, 1.165) is 27.4 Å². The molecule has 39 heavy (non-hydrogen) atoms. The van der Waals surface area contributed by atoms with Crippen molar-refractivity contribution in [2.24, 2.45) is 0 Å². The number of carbonyl (C=O) groups excluding carboxylic acids is 1. The Morgan fingerprint density at radius 1 is 0.821 bits per heavy atom. The highest BCUT2D eigenvalue weighted by Gasteiger charge is 2.24. The van der Waals surface area contributed by atoms with E-state index in [-0.39, 0.29) is 5.91 Å². The Hall–Kier alpha value is -3.72. The van der Waals surface area contributed by atoms with Crippen molar-refractivity contribution in [3.8, 4) is 11.5 Å². The maximum Gasteiger partial charge on any atom is 0.242 e. The lowest BCUT2D eigenvalue weighted by molar-refractivity contribution is -0.115. The van der Waals surface area contributed by atoms with Crippen molar-refractivity contribution < 1.29 is 14.3 Å². The number of thioether (sulfide) groups is 1. The zero-order valence-electron chi connectivity index (χ0n) is 21.7. The Kier molecular flexibility index (Phi) is 9.70. The zero-order valence-corrected chi connectivity index (χ0v) is 24.0. The van der Waals surface area contributed by atoms with E-state index in [1.54, 1.807) is 20.3 Å². The van der Waals surface area contributed by atoms with Crippen molar-refractivity contribution in [3.63, 3.8) is 0 Å². The Morgan fingerprint density at radius 3 is 2.28 bits per heavy atom. The van der Waals surface area contributed by atoms with Gasteiger partial charge in [0, 0.05) is 21.7 Å². The molecule has 0 saturated heterocycles. The highest BCUT2D eigenvalue weighted by molar-refractivity contribution is 8.00. The molecule has 1 atom stereocenters. The number of methoxy groups -OCH3 is 2. The van der Waals surface area contributed by atoms with Crippen molar-refractivity contribution in [1.82, 2.24) is 0 Å². The molecule has 0 saturated carbocycles. The van der Waals surface area contributed by atoms with Crippen LogP contribution >= 0.6 is 35.6 Å². The van der Waals surface area contributed by atoms with Crippen LogP contribution in [0.5, 0.6) is 11.5 Å². The van der Waals surface area contributed by atoms with Gasteiger partial charge in [-0.25, -0.2) is 0 Å². The van der Waals surface area contributed by atoms with Gasteiger partial charge in [0.25, 0.3) is 0 Å². The lowest BCUT2D eigenvalue weighted by Crippen LogP contribution is -2.20. The summed E-state index contributed by atoms with van der Waals surface area (Å²) in [6.07, 6.45) is 0. The number of anilines is 3. The van der Waals surface area contributed by atoms with Gasteiger partial charge in [0.05, 0.1) is 25.6 Å². The van der Waals surface area contributed by atoms with Gasteiger partial charge in [-0.15, -0.1) is 11.8 Å². The number of para-hydroxylation sites is 2. The van der Waals surface area contributed by atoms with Crippen LogP contribution in [0.1, 0.15) is 16.4 Å². The maximum absolute atomic E-state index is 13.6. The van der Waals surface area contributed by atoms with Crippen LogP contribution in [0.3, 0.4) is 0 Å². The molecule has 0 radical (unpaired) electrons. The van der Waals surface area contributed by atoms with Gasteiger partial charge in [0.2, 0.25) is 5.91 Å². The van der Waals surface area contributed by atoms with Crippen LogP contribution in [0.4, 0.5) is 17.1 Å². The van der Waals surface area contributed by atoms with E-state index < -0.39 is 5.25 Å². The lowest BCUT2D eigenvalue weighted by Gasteiger charge is -2.19. The molecule has 0 heterocycles. The van der Waals surface area contributed by atoms with E-state index >= 15 is 0 Å². The fourth-order valence-electron chi connectivity index (χ4n) is 3.84. The third kappa shape index (κ3) is 7.44. The third-order valence-electron chi connectivity index (χ3n) is 5.78. The Labute approximate surface area is 243 Å². The Morgan fingerprint density at radius 2 is 1.54 bits per heavy atom. The van der Waals surface area contributed by atoms with Gasteiger partial charge >= 0.3 is 0 Å². The van der Waals surface area contributed by atoms with Crippen LogP contribution in [0.2, 0.25) is 5.02 Å². The summed E-state index contributed by atoms with van der Waals surface area (Å²) in [5.41, 5.74) is 3.82. The molecule has 3 N–H and O–H groups in total. The lowest BCUT2D eigenvalue weighted by atomic mass is 10.1. The summed E-state index contributed by atoms with van der Waals surface area (Å²) in [7, 11) is 3.16. The van der Waals surface area contributed by atoms with Gasteiger partial charge in [-0.2, -0.15) is 0 Å². The topological polar surface area (TPSA) is 71.6 Å². The monoisotopic (exact) mass is 577 g/mol. The first kappa shape index (κ1) is 28.3. The average Bonchev–Trinajstić information content (AvgIpc) is 2.94. The minimum absolute atomic E-state index is 0.182. The number of benzene rings is 4. The molecule has 0 bridgehead atoms. The summed E-state index contributed by atoms with van der Waals surface area (Å²) in [6, 6.07) is 28.5. The minimum Gasteiger partial charge on any atom is -0.495 e. The number of carbonyl (C=O) groups is 1. The molecule has 0 spiro atoms. The first-order valence-corrected chi connectivity index (χ1v) is 13.7. The molecule has 4 rings (SSSR count). The van der Waals surface area contributed by atoms with Crippen LogP contribution in [-0.2, 0) is 4.79 Å². The number of halogens is 1. The van der Waals surface area contributed by atoms with Crippen molar-refractivity contribution in [2.45, 2.75) is 17.1 Å². The van der Waals surface area contributed by atoms with E-state index in [1.165, 1.54) is 11.8 Å². The number of rotatable bonds is 9. The van der Waals surface area contributed by atoms with Crippen molar-refractivity contribution >= 4 is 63.7 Å². The van der Waals surface area contributed by atoms with Crippen LogP contribution in [0.25, 0.3) is 0 Å². The molecule has 9 heteroatoms. The molecular weight excluding hydrogens is 550 g/mol. The van der Waals surface area contributed by atoms with Gasteiger partial charge in [0.1, 0.15) is 16.7 Å². The normalized spacial score (nSPS) is 11.3. The minimum atomic E-state index is -0.527. The Balaban J connectivity index is 1.53. The zero-order chi connectivity index (χ0) is 27.8. The molecule has 4 aromatic carbocycles. The molecule has 0 fully saturated rings. The molecule has 1 amide bonds. The van der Waals surface area contributed by atoms with E-state index in [1.807, 2.05) is 91.9 Å². The maximum atomic E-state index is 13.6. The quantitative estimate of drug-likeness (QED) is 0.138. The summed E-state index contributed by atoms with van der Waals surface area (Å²) >= 11 is 13.2. The second-order valence-corrected chi connectivity index (χ2v) is 10.5. The Bertz CT molecular complexity index is 1470. The van der Waals surface area contributed by atoms with E-state index in [4.69, 9.17) is 33.3 Å². The van der Waals surface area contributed by atoms with E-state index in [0.29, 0.717) is 27.3 Å². The van der Waals surface area contributed by atoms with Gasteiger partial charge in [-0.1, -0.05) is 60.1 Å². The summed E-state index contributed by atoms with van der Waals surface area (Å²) in [5, 5.41) is 9.87. The number of nitrogens with one attached hydrogen (secondary N) is 3. The second kappa shape index (κ2) is 13.4. The molecule has 200 valence electrons. The fraction of sp³-hybridized carbons (Fsp3) is 0.133. The van der Waals surface area contributed by atoms with Crippen LogP contribution < -0.4 is 25.4 Å². The van der Waals surface area contributed by atoms with Gasteiger partial charge < -0.3 is 25.4 Å². The number of amides is 1. The summed E-state index contributed by atoms with van der Waals surface area (Å²) in [4.78, 5) is 14.5. The second-order valence-electron chi connectivity index (χ2n) is 8.51. The molecule has 0 aliphatic heterocycles. The van der Waals surface area contributed by atoms with Gasteiger partial charge in [-0.05, 0) is 66.7 Å². The number of hydrogen-bond acceptors (Lipinski definition) is 5. The highest BCUT2D eigenvalue weighted by Crippen LogP contribution is 2.39. The average molecular weight is 578 g/mol.